The highest BCUT2D eigenvalue weighted by molar-refractivity contribution is 4.78. The minimum atomic E-state index is -0.0331. The van der Waals surface area contributed by atoms with E-state index in [-0.39, 0.29) is 11.7 Å². The molecule has 0 aliphatic heterocycles. The third-order valence-corrected chi connectivity index (χ3v) is 2.97. The van der Waals surface area contributed by atoms with Gasteiger partial charge in [-0.25, -0.2) is 0 Å². The minimum absolute atomic E-state index is 0. The van der Waals surface area contributed by atoms with E-state index >= 15 is 0 Å². The minimum Gasteiger partial charge on any atom is -0.344 e. The predicted octanol–water partition coefficient (Wildman–Crippen LogP) is 2.64. The van der Waals surface area contributed by atoms with E-state index in [1.54, 1.807) is 0 Å². The Hall–Kier alpha value is -0.160. The van der Waals surface area contributed by atoms with Crippen LogP contribution in [0.4, 0.5) is 0 Å². The highest BCUT2D eigenvalue weighted by Crippen LogP contribution is 2.18. The molecule has 0 aliphatic carbocycles. The van der Waals surface area contributed by atoms with Gasteiger partial charge in [-0.2, -0.15) is 0 Å². The molecule has 0 saturated carbocycles. The molecule has 0 rings (SSSR count). The Labute approximate surface area is 115 Å². The molecule has 0 aromatic rings. The summed E-state index contributed by atoms with van der Waals surface area (Å²) < 4.78 is 0. The summed E-state index contributed by atoms with van der Waals surface area (Å²) in [5, 5.41) is 0. The van der Waals surface area contributed by atoms with E-state index in [9.17, 15) is 0 Å². The summed E-state index contributed by atoms with van der Waals surface area (Å²) in [4.78, 5) is 0. The molecule has 18 heavy (non-hydrogen) atoms. The van der Waals surface area contributed by atoms with Crippen LogP contribution in [0.1, 0.15) is 60.8 Å². The number of hydrogen-bond acceptors (Lipinski definition) is 4. The second-order valence-electron chi connectivity index (χ2n) is 6.77. The lowest BCUT2D eigenvalue weighted by Gasteiger charge is -2.27. The summed E-state index contributed by atoms with van der Waals surface area (Å²) in [6, 6.07) is 0. The van der Waals surface area contributed by atoms with Gasteiger partial charge in [-0.1, -0.05) is 34.1 Å². The van der Waals surface area contributed by atoms with E-state index < -0.39 is 0 Å². The zero-order valence-electron chi connectivity index (χ0n) is 13.6. The molecule has 0 spiro atoms. The maximum absolute atomic E-state index is 5.93. The second kappa shape index (κ2) is 10.7. The lowest BCUT2D eigenvalue weighted by atomic mass is 9.86. The quantitative estimate of drug-likeness (QED) is 0.570. The van der Waals surface area contributed by atoms with Crippen molar-refractivity contribution in [3.63, 3.8) is 0 Å². The molecule has 0 aromatic heterocycles. The van der Waals surface area contributed by atoms with Crippen LogP contribution in [0.15, 0.2) is 0 Å². The van der Waals surface area contributed by atoms with Crippen LogP contribution in [-0.4, -0.2) is 18.6 Å². The molecule has 0 amide bonds. The maximum atomic E-state index is 5.93. The first-order valence-electron chi connectivity index (χ1n) is 6.73. The van der Waals surface area contributed by atoms with Gasteiger partial charge in [0.2, 0.25) is 0 Å². The van der Waals surface area contributed by atoms with Gasteiger partial charge >= 0.3 is 0 Å². The van der Waals surface area contributed by atoms with Gasteiger partial charge in [0.05, 0.1) is 0 Å². The Bertz CT molecular complexity index is 168. The SMILES string of the molecule is CC(C)(C)CN.CC(CCCCN)C(C)(C)N.N. The average molecular weight is 262 g/mol. The number of rotatable bonds is 5. The van der Waals surface area contributed by atoms with Gasteiger partial charge in [-0.3, -0.25) is 0 Å². The lowest BCUT2D eigenvalue weighted by molar-refractivity contribution is 0.318. The fraction of sp³-hybridized carbons (Fsp3) is 1.00. The van der Waals surface area contributed by atoms with Crippen LogP contribution in [-0.2, 0) is 0 Å². The smallest absolute Gasteiger partial charge is 0.0123 e. The van der Waals surface area contributed by atoms with Gasteiger partial charge in [-0.05, 0) is 51.1 Å². The molecule has 0 fully saturated rings. The van der Waals surface area contributed by atoms with E-state index in [0.717, 1.165) is 19.5 Å². The predicted molar refractivity (Wildman–Crippen MR) is 83.9 cm³/mol. The fourth-order valence-electron chi connectivity index (χ4n) is 0.967. The van der Waals surface area contributed by atoms with Crippen molar-refractivity contribution in [3.8, 4) is 0 Å². The van der Waals surface area contributed by atoms with E-state index in [1.165, 1.54) is 12.8 Å². The zero-order chi connectivity index (χ0) is 14.1. The largest absolute Gasteiger partial charge is 0.344 e. The molecule has 0 aliphatic rings. The summed E-state index contributed by atoms with van der Waals surface area (Å²) in [7, 11) is 0. The van der Waals surface area contributed by atoms with E-state index in [1.807, 2.05) is 0 Å². The zero-order valence-corrected chi connectivity index (χ0v) is 13.6. The van der Waals surface area contributed by atoms with Crippen molar-refractivity contribution in [2.45, 2.75) is 66.3 Å². The normalized spacial score (nSPS) is 13.2. The van der Waals surface area contributed by atoms with Crippen LogP contribution >= 0.6 is 0 Å². The third kappa shape index (κ3) is 18.2. The van der Waals surface area contributed by atoms with Crippen molar-refractivity contribution in [3.05, 3.63) is 0 Å². The molecule has 0 bridgehead atoms. The number of unbranched alkanes of at least 4 members (excludes halogenated alkanes) is 1. The van der Waals surface area contributed by atoms with Crippen molar-refractivity contribution in [2.24, 2.45) is 28.5 Å². The first kappa shape index (κ1) is 23.0. The molecular formula is C14H38N4. The summed E-state index contributed by atoms with van der Waals surface area (Å²) in [6.45, 7) is 14.3. The lowest BCUT2D eigenvalue weighted by Crippen LogP contribution is -2.39. The summed E-state index contributed by atoms with van der Waals surface area (Å²) in [6.07, 6.45) is 3.53. The highest BCUT2D eigenvalue weighted by Gasteiger charge is 2.19. The van der Waals surface area contributed by atoms with Crippen molar-refractivity contribution >= 4 is 0 Å². The Kier molecular flexibility index (Phi) is 13.7. The maximum Gasteiger partial charge on any atom is 0.0123 e. The summed E-state index contributed by atoms with van der Waals surface area (Å²) in [5.74, 6) is 0.592. The average Bonchev–Trinajstić information content (AvgIpc) is 2.16. The van der Waals surface area contributed by atoms with Crippen molar-refractivity contribution in [1.29, 1.82) is 0 Å². The Morgan fingerprint density at radius 3 is 1.56 bits per heavy atom. The molecule has 1 atom stereocenters. The van der Waals surface area contributed by atoms with Gasteiger partial charge in [0.1, 0.15) is 0 Å². The van der Waals surface area contributed by atoms with Crippen LogP contribution in [0.2, 0.25) is 0 Å². The molecule has 114 valence electrons. The number of nitrogens with two attached hydrogens (primary N) is 3. The molecule has 0 heterocycles. The summed E-state index contributed by atoms with van der Waals surface area (Å²) >= 11 is 0. The topological polar surface area (TPSA) is 113 Å². The highest BCUT2D eigenvalue weighted by atomic mass is 14.7. The molecule has 0 saturated heterocycles. The standard InChI is InChI=1S/C9H22N2.C5H13N.H3N/c1-8(9(2,3)11)6-4-5-7-10;1-5(2,3)4-6;/h8H,4-7,10-11H2,1-3H3;4,6H2,1-3H3;1H3. The Balaban J connectivity index is -0.000000277. The van der Waals surface area contributed by atoms with Crippen molar-refractivity contribution < 1.29 is 0 Å². The number of hydrogen-bond donors (Lipinski definition) is 4. The Morgan fingerprint density at radius 1 is 0.944 bits per heavy atom. The molecule has 0 radical (unpaired) electrons. The van der Waals surface area contributed by atoms with Crippen LogP contribution in [0.25, 0.3) is 0 Å². The summed E-state index contributed by atoms with van der Waals surface area (Å²) in [5.41, 5.74) is 16.9. The second-order valence-corrected chi connectivity index (χ2v) is 6.77. The van der Waals surface area contributed by atoms with Gasteiger partial charge < -0.3 is 23.4 Å². The van der Waals surface area contributed by atoms with Crippen molar-refractivity contribution in [1.82, 2.24) is 6.15 Å². The molecule has 4 heteroatoms. The van der Waals surface area contributed by atoms with Gasteiger partial charge in [-0.15, -0.1) is 0 Å². The molecule has 9 N–H and O–H groups in total. The fourth-order valence-corrected chi connectivity index (χ4v) is 0.967. The molecular weight excluding hydrogens is 224 g/mol. The van der Waals surface area contributed by atoms with Gasteiger partial charge in [0.15, 0.2) is 0 Å². The van der Waals surface area contributed by atoms with Crippen LogP contribution < -0.4 is 23.4 Å². The van der Waals surface area contributed by atoms with Gasteiger partial charge in [0.25, 0.3) is 0 Å². The molecule has 4 nitrogen and oxygen atoms in total. The van der Waals surface area contributed by atoms with Gasteiger partial charge in [0, 0.05) is 5.54 Å². The Morgan fingerprint density at radius 2 is 1.33 bits per heavy atom. The van der Waals surface area contributed by atoms with E-state index in [4.69, 9.17) is 17.2 Å². The van der Waals surface area contributed by atoms with Crippen molar-refractivity contribution in [2.75, 3.05) is 13.1 Å². The molecule has 0 aromatic carbocycles. The van der Waals surface area contributed by atoms with Crippen LogP contribution in [0.3, 0.4) is 0 Å². The molecule has 1 unspecified atom stereocenters. The van der Waals surface area contributed by atoms with E-state index in [0.29, 0.717) is 11.3 Å². The first-order valence-corrected chi connectivity index (χ1v) is 6.73. The van der Waals surface area contributed by atoms with Crippen LogP contribution in [0, 0.1) is 11.3 Å². The first-order chi connectivity index (χ1) is 7.54. The monoisotopic (exact) mass is 262 g/mol. The van der Waals surface area contributed by atoms with Crippen LogP contribution in [0.5, 0.6) is 0 Å². The van der Waals surface area contributed by atoms with E-state index in [2.05, 4.69) is 41.5 Å². The third-order valence-electron chi connectivity index (χ3n) is 2.97.